The molecule has 0 saturated carbocycles. The lowest BCUT2D eigenvalue weighted by Crippen LogP contribution is -2.50. The number of nitrogens with zero attached hydrogens (tertiary/aromatic N) is 4. The minimum atomic E-state index is -0.799. The molecule has 0 spiro atoms. The van der Waals surface area contributed by atoms with Crippen LogP contribution in [0, 0.1) is 0 Å². The van der Waals surface area contributed by atoms with Gasteiger partial charge < -0.3 is 39.3 Å². The van der Waals surface area contributed by atoms with Crippen LogP contribution >= 0.6 is 0 Å². The number of hydrogen-bond donors (Lipinski definition) is 7. The van der Waals surface area contributed by atoms with Crippen LogP contribution in [0.1, 0.15) is 24.8 Å². The Kier molecular flexibility index (Phi) is 13.2. The largest absolute Gasteiger partial charge is 0.370 e. The summed E-state index contributed by atoms with van der Waals surface area (Å²) in [6.07, 6.45) is 3.65. The number of para-hydroxylation sites is 1. The lowest BCUT2D eigenvalue weighted by molar-refractivity contribution is -0.127. The predicted octanol–water partition coefficient (Wildman–Crippen LogP) is 0.247. The highest BCUT2D eigenvalue weighted by Gasteiger charge is 2.24. The van der Waals surface area contributed by atoms with Gasteiger partial charge in [-0.05, 0) is 49.9 Å². The molecule has 2 amide bonds. The molecular formula is C30H43N11O2. The second kappa shape index (κ2) is 17.3. The molecule has 1 aromatic heterocycles. The molecule has 0 aliphatic rings. The van der Waals surface area contributed by atoms with Crippen LogP contribution in [0.4, 0.5) is 5.69 Å². The Morgan fingerprint density at radius 2 is 1.49 bits per heavy atom. The van der Waals surface area contributed by atoms with Crippen LogP contribution in [0.5, 0.6) is 0 Å². The van der Waals surface area contributed by atoms with Crippen molar-refractivity contribution in [2.24, 2.45) is 38.7 Å². The molecule has 0 aliphatic heterocycles. The SMILES string of the molecule is NC(N)=NCCN(CCCC(N)C(=O)NC(CCc1ccccc1)C(=O)Nc1cnc2ccccc2c1)CCN=C(N)N. The second-order valence-corrected chi connectivity index (χ2v) is 10.2. The average Bonchev–Trinajstić information content (AvgIpc) is 2.98. The smallest absolute Gasteiger partial charge is 0.247 e. The first kappa shape index (κ1) is 32.8. The van der Waals surface area contributed by atoms with E-state index in [0.29, 0.717) is 64.1 Å². The fourth-order valence-electron chi connectivity index (χ4n) is 4.51. The van der Waals surface area contributed by atoms with Gasteiger partial charge in [0.25, 0.3) is 0 Å². The van der Waals surface area contributed by atoms with E-state index in [1.165, 1.54) is 0 Å². The maximum atomic E-state index is 13.4. The van der Waals surface area contributed by atoms with Crippen LogP contribution in [0.15, 0.2) is 76.8 Å². The minimum Gasteiger partial charge on any atom is -0.370 e. The number of aryl methyl sites for hydroxylation is 1. The zero-order chi connectivity index (χ0) is 31.0. The number of nitrogens with two attached hydrogens (primary N) is 5. The Balaban J connectivity index is 1.59. The summed E-state index contributed by atoms with van der Waals surface area (Å²) in [7, 11) is 0. The number of anilines is 1. The molecule has 13 nitrogen and oxygen atoms in total. The van der Waals surface area contributed by atoms with Crippen molar-refractivity contribution in [3.8, 4) is 0 Å². The summed E-state index contributed by atoms with van der Waals surface area (Å²) < 4.78 is 0. The van der Waals surface area contributed by atoms with E-state index >= 15 is 0 Å². The number of rotatable bonds is 17. The molecule has 0 aliphatic carbocycles. The number of amides is 2. The van der Waals surface area contributed by atoms with Gasteiger partial charge in [0.15, 0.2) is 11.9 Å². The molecule has 0 radical (unpaired) electrons. The van der Waals surface area contributed by atoms with Crippen LogP contribution in [-0.4, -0.2) is 78.4 Å². The molecule has 43 heavy (non-hydrogen) atoms. The van der Waals surface area contributed by atoms with Crippen molar-refractivity contribution in [1.29, 1.82) is 0 Å². The van der Waals surface area contributed by atoms with Gasteiger partial charge in [0.1, 0.15) is 6.04 Å². The number of hydrogen-bond acceptors (Lipinski definition) is 7. The van der Waals surface area contributed by atoms with Gasteiger partial charge in [-0.3, -0.25) is 29.5 Å². The third-order valence-corrected chi connectivity index (χ3v) is 6.80. The van der Waals surface area contributed by atoms with Crippen molar-refractivity contribution in [2.75, 3.05) is 38.0 Å². The third kappa shape index (κ3) is 11.9. The normalized spacial score (nSPS) is 12.3. The zero-order valence-electron chi connectivity index (χ0n) is 24.4. The van der Waals surface area contributed by atoms with Crippen molar-refractivity contribution < 1.29 is 9.59 Å². The van der Waals surface area contributed by atoms with Gasteiger partial charge in [0.05, 0.1) is 36.5 Å². The van der Waals surface area contributed by atoms with Crippen LogP contribution < -0.4 is 39.3 Å². The van der Waals surface area contributed by atoms with Gasteiger partial charge in [-0.1, -0.05) is 48.5 Å². The Morgan fingerprint density at radius 3 is 2.16 bits per heavy atom. The van der Waals surface area contributed by atoms with E-state index in [-0.39, 0.29) is 17.8 Å². The van der Waals surface area contributed by atoms with Crippen LogP contribution in [0.25, 0.3) is 10.9 Å². The van der Waals surface area contributed by atoms with Crippen molar-refractivity contribution in [1.82, 2.24) is 15.2 Å². The van der Waals surface area contributed by atoms with Gasteiger partial charge in [0, 0.05) is 18.5 Å². The Bertz CT molecular complexity index is 1350. The molecule has 2 unspecified atom stereocenters. The average molecular weight is 590 g/mol. The lowest BCUT2D eigenvalue weighted by Gasteiger charge is -2.23. The highest BCUT2D eigenvalue weighted by Crippen LogP contribution is 2.17. The number of carbonyl (C=O) groups is 2. The van der Waals surface area contributed by atoms with E-state index in [0.717, 1.165) is 16.5 Å². The maximum absolute atomic E-state index is 13.4. The van der Waals surface area contributed by atoms with Gasteiger partial charge in [-0.25, -0.2) is 0 Å². The number of aromatic nitrogens is 1. The molecule has 0 bridgehead atoms. The quantitative estimate of drug-likeness (QED) is 0.0843. The first-order valence-electron chi connectivity index (χ1n) is 14.3. The van der Waals surface area contributed by atoms with Crippen molar-refractivity contribution in [3.05, 3.63) is 72.4 Å². The second-order valence-electron chi connectivity index (χ2n) is 10.2. The topological polar surface area (TPSA) is 229 Å². The number of nitrogens with one attached hydrogen (secondary N) is 2. The fraction of sp³-hybridized carbons (Fsp3) is 0.367. The van der Waals surface area contributed by atoms with Crippen LogP contribution in [0.2, 0.25) is 0 Å². The summed E-state index contributed by atoms with van der Waals surface area (Å²) >= 11 is 0. The van der Waals surface area contributed by atoms with E-state index in [9.17, 15) is 9.59 Å². The number of pyridine rings is 1. The summed E-state index contributed by atoms with van der Waals surface area (Å²) in [6.45, 7) is 2.65. The highest BCUT2D eigenvalue weighted by molar-refractivity contribution is 5.98. The van der Waals surface area contributed by atoms with Crippen LogP contribution in [0.3, 0.4) is 0 Å². The number of guanidine groups is 2. The number of carbonyl (C=O) groups excluding carboxylic acids is 2. The Labute approximate surface area is 252 Å². The zero-order valence-corrected chi connectivity index (χ0v) is 24.4. The molecule has 13 heteroatoms. The summed E-state index contributed by atoms with van der Waals surface area (Å²) in [5, 5.41) is 6.68. The van der Waals surface area contributed by atoms with Gasteiger partial charge in [-0.15, -0.1) is 0 Å². The summed E-state index contributed by atoms with van der Waals surface area (Å²) in [5.41, 5.74) is 30.4. The fourth-order valence-corrected chi connectivity index (χ4v) is 4.51. The Morgan fingerprint density at radius 1 is 0.837 bits per heavy atom. The molecule has 230 valence electrons. The summed E-state index contributed by atoms with van der Waals surface area (Å²) in [5.74, 6) is -0.687. The molecule has 2 atom stereocenters. The van der Waals surface area contributed by atoms with E-state index in [1.807, 2.05) is 60.7 Å². The Hall–Kier alpha value is -4.75. The number of fused-ring (bicyclic) bond motifs is 1. The van der Waals surface area contributed by atoms with E-state index in [1.54, 1.807) is 6.20 Å². The first-order chi connectivity index (χ1) is 20.7. The van der Waals surface area contributed by atoms with E-state index in [4.69, 9.17) is 28.7 Å². The van der Waals surface area contributed by atoms with Crippen molar-refractivity contribution in [2.45, 2.75) is 37.8 Å². The first-order valence-corrected chi connectivity index (χ1v) is 14.3. The summed E-state index contributed by atoms with van der Waals surface area (Å²) in [4.78, 5) is 41.1. The van der Waals surface area contributed by atoms with Crippen molar-refractivity contribution in [3.63, 3.8) is 0 Å². The van der Waals surface area contributed by atoms with Gasteiger partial charge >= 0.3 is 0 Å². The molecule has 3 aromatic rings. The number of aliphatic imine (C=N–C) groups is 2. The standard InChI is InChI=1S/C30H43N11O2/c31-24(10-6-16-41(17-14-36-29(32)33)18-15-37-30(34)35)27(42)40-26(13-12-21-7-2-1-3-8-21)28(43)39-23-19-22-9-4-5-11-25(22)38-20-23/h1-5,7-9,11,19-20,24,26H,6,10,12-18,31H2,(H,39,43)(H,40,42)(H4,32,33,36)(H4,34,35,37). The molecular weight excluding hydrogens is 546 g/mol. The molecule has 12 N–H and O–H groups in total. The predicted molar refractivity (Wildman–Crippen MR) is 172 cm³/mol. The highest BCUT2D eigenvalue weighted by atomic mass is 16.2. The molecule has 2 aromatic carbocycles. The monoisotopic (exact) mass is 589 g/mol. The molecule has 0 fully saturated rings. The molecule has 0 saturated heterocycles. The number of benzene rings is 2. The van der Waals surface area contributed by atoms with Crippen LogP contribution in [-0.2, 0) is 16.0 Å². The van der Waals surface area contributed by atoms with Gasteiger partial charge in [0.2, 0.25) is 11.8 Å². The lowest BCUT2D eigenvalue weighted by atomic mass is 10.0. The molecule has 3 rings (SSSR count). The van der Waals surface area contributed by atoms with Crippen molar-refractivity contribution >= 4 is 40.3 Å². The maximum Gasteiger partial charge on any atom is 0.247 e. The molecule has 1 heterocycles. The minimum absolute atomic E-state index is 0.0191. The third-order valence-electron chi connectivity index (χ3n) is 6.80. The van der Waals surface area contributed by atoms with E-state index < -0.39 is 18.0 Å². The van der Waals surface area contributed by atoms with E-state index in [2.05, 4.69) is 30.5 Å². The summed E-state index contributed by atoms with van der Waals surface area (Å²) in [6, 6.07) is 17.7. The van der Waals surface area contributed by atoms with Gasteiger partial charge in [-0.2, -0.15) is 0 Å².